The van der Waals surface area contributed by atoms with E-state index in [2.05, 4.69) is 26.6 Å². The second kappa shape index (κ2) is 5.09. The zero-order valence-electron chi connectivity index (χ0n) is 11.3. The fraction of sp³-hybridized carbons (Fsp3) is 0.267. The minimum Gasteiger partial charge on any atom is -0.316 e. The summed E-state index contributed by atoms with van der Waals surface area (Å²) in [4.78, 5) is 8.73. The molecular weight excluding hydrogens is 286 g/mol. The van der Waals surface area contributed by atoms with Crippen molar-refractivity contribution in [1.29, 1.82) is 0 Å². The van der Waals surface area contributed by atoms with Gasteiger partial charge in [0.05, 0.1) is 17.2 Å². The molecule has 106 valence electrons. The Morgan fingerprint density at radius 1 is 1.19 bits per heavy atom. The highest BCUT2D eigenvalue weighted by Crippen LogP contribution is 2.22. The van der Waals surface area contributed by atoms with Gasteiger partial charge in [-0.25, -0.2) is 4.98 Å². The normalized spacial score (nSPS) is 15.3. The highest BCUT2D eigenvalue weighted by molar-refractivity contribution is 6.29. The molecule has 3 aromatic heterocycles. The molecule has 5 nitrogen and oxygen atoms in total. The third-order valence-electron chi connectivity index (χ3n) is 3.78. The summed E-state index contributed by atoms with van der Waals surface area (Å²) in [6.07, 6.45) is 5.79. The number of hydrogen-bond donors (Lipinski definition) is 1. The summed E-state index contributed by atoms with van der Waals surface area (Å²) < 4.78 is 2.00. The van der Waals surface area contributed by atoms with Gasteiger partial charge in [0.25, 0.3) is 0 Å². The number of nitrogens with zero attached hydrogens (tertiary/aromatic N) is 4. The molecule has 3 aromatic rings. The number of pyridine rings is 2. The van der Waals surface area contributed by atoms with E-state index in [1.807, 2.05) is 29.2 Å². The van der Waals surface area contributed by atoms with Gasteiger partial charge in [-0.1, -0.05) is 11.6 Å². The van der Waals surface area contributed by atoms with Gasteiger partial charge in [0.1, 0.15) is 5.15 Å². The van der Waals surface area contributed by atoms with Crippen molar-refractivity contribution < 1.29 is 0 Å². The Morgan fingerprint density at radius 3 is 2.90 bits per heavy atom. The van der Waals surface area contributed by atoms with Gasteiger partial charge in [0, 0.05) is 49.1 Å². The van der Waals surface area contributed by atoms with Gasteiger partial charge in [-0.05, 0) is 18.2 Å². The van der Waals surface area contributed by atoms with Crippen LogP contribution in [-0.4, -0.2) is 32.8 Å². The fourth-order valence-corrected chi connectivity index (χ4v) is 2.65. The molecule has 1 fully saturated rings. The van der Waals surface area contributed by atoms with Crippen LogP contribution >= 0.6 is 11.6 Å². The summed E-state index contributed by atoms with van der Waals surface area (Å²) in [7, 11) is 0. The average Bonchev–Trinajstić information content (AvgIpc) is 2.91. The van der Waals surface area contributed by atoms with Gasteiger partial charge in [-0.2, -0.15) is 5.10 Å². The third kappa shape index (κ3) is 2.50. The maximum Gasteiger partial charge on any atom is 0.129 e. The van der Waals surface area contributed by atoms with Crippen molar-refractivity contribution in [1.82, 2.24) is 25.1 Å². The molecule has 0 unspecified atom stereocenters. The number of nitrogens with one attached hydrogen (secondary N) is 1. The molecule has 0 amide bonds. The van der Waals surface area contributed by atoms with Crippen LogP contribution in [0.1, 0.15) is 0 Å². The summed E-state index contributed by atoms with van der Waals surface area (Å²) in [6.45, 7) is 3.11. The summed E-state index contributed by atoms with van der Waals surface area (Å²) in [6, 6.07) is 5.63. The van der Waals surface area contributed by atoms with Gasteiger partial charge in [0.2, 0.25) is 0 Å². The second-order valence-corrected chi connectivity index (χ2v) is 5.76. The molecular formula is C15H14ClN5. The van der Waals surface area contributed by atoms with Crippen LogP contribution in [0.25, 0.3) is 22.2 Å². The Kier molecular flexibility index (Phi) is 3.09. The first-order valence-electron chi connectivity index (χ1n) is 6.94. The maximum atomic E-state index is 5.94. The zero-order chi connectivity index (χ0) is 14.2. The van der Waals surface area contributed by atoms with E-state index < -0.39 is 0 Å². The highest BCUT2D eigenvalue weighted by atomic mass is 35.5. The van der Waals surface area contributed by atoms with Gasteiger partial charge >= 0.3 is 0 Å². The fourth-order valence-electron chi connectivity index (χ4n) is 2.49. The summed E-state index contributed by atoms with van der Waals surface area (Å²) in [5.41, 5.74) is 3.71. The van der Waals surface area contributed by atoms with E-state index in [1.54, 1.807) is 6.07 Å². The van der Waals surface area contributed by atoms with E-state index in [0.29, 0.717) is 11.1 Å². The second-order valence-electron chi connectivity index (χ2n) is 5.37. The molecule has 1 aliphatic rings. The zero-order valence-corrected chi connectivity index (χ0v) is 12.1. The molecule has 0 spiro atoms. The molecule has 21 heavy (non-hydrogen) atoms. The lowest BCUT2D eigenvalue weighted by molar-refractivity contribution is 0.295. The Morgan fingerprint density at radius 2 is 2.10 bits per heavy atom. The number of hydrogen-bond acceptors (Lipinski definition) is 4. The average molecular weight is 300 g/mol. The van der Waals surface area contributed by atoms with Crippen molar-refractivity contribution in [3.63, 3.8) is 0 Å². The quantitative estimate of drug-likeness (QED) is 0.754. The molecule has 0 radical (unpaired) electrons. The Bertz CT molecular complexity index is 794. The van der Waals surface area contributed by atoms with Crippen LogP contribution in [0.4, 0.5) is 0 Å². The van der Waals surface area contributed by atoms with Crippen LogP contribution in [0.15, 0.2) is 36.8 Å². The van der Waals surface area contributed by atoms with E-state index in [1.165, 1.54) is 0 Å². The largest absolute Gasteiger partial charge is 0.316 e. The molecule has 0 aromatic carbocycles. The lowest BCUT2D eigenvalue weighted by Crippen LogP contribution is -2.44. The predicted octanol–water partition coefficient (Wildman–Crippen LogP) is 2.37. The number of aromatic nitrogens is 4. The lowest BCUT2D eigenvalue weighted by atomic mass is 10.0. The van der Waals surface area contributed by atoms with E-state index in [0.717, 1.165) is 41.8 Å². The smallest absolute Gasteiger partial charge is 0.129 e. The van der Waals surface area contributed by atoms with Crippen LogP contribution in [0, 0.1) is 5.92 Å². The van der Waals surface area contributed by atoms with Crippen LogP contribution in [0.5, 0.6) is 0 Å². The van der Waals surface area contributed by atoms with Crippen LogP contribution in [0.3, 0.4) is 0 Å². The van der Waals surface area contributed by atoms with E-state index >= 15 is 0 Å². The minimum atomic E-state index is 0.481. The minimum absolute atomic E-state index is 0.481. The highest BCUT2D eigenvalue weighted by Gasteiger charge is 2.17. The molecule has 6 heteroatoms. The monoisotopic (exact) mass is 299 g/mol. The first-order valence-corrected chi connectivity index (χ1v) is 7.31. The molecule has 4 rings (SSSR count). The van der Waals surface area contributed by atoms with Crippen molar-refractivity contribution in [3.05, 3.63) is 41.9 Å². The number of fused-ring (bicyclic) bond motifs is 1. The predicted molar refractivity (Wildman–Crippen MR) is 82.1 cm³/mol. The third-order valence-corrected chi connectivity index (χ3v) is 3.99. The Balaban J connectivity index is 1.65. The van der Waals surface area contributed by atoms with Gasteiger partial charge in [0.15, 0.2) is 0 Å². The summed E-state index contributed by atoms with van der Waals surface area (Å²) in [5, 5.41) is 8.18. The molecule has 0 bridgehead atoms. The summed E-state index contributed by atoms with van der Waals surface area (Å²) in [5.74, 6) is 0.688. The van der Waals surface area contributed by atoms with E-state index in [4.69, 9.17) is 11.6 Å². The molecule has 1 N–H and O–H groups in total. The lowest BCUT2D eigenvalue weighted by Gasteiger charge is -2.26. The van der Waals surface area contributed by atoms with Crippen LogP contribution < -0.4 is 5.32 Å². The molecule has 0 aliphatic carbocycles. The van der Waals surface area contributed by atoms with Gasteiger partial charge in [-0.3, -0.25) is 9.67 Å². The first kappa shape index (κ1) is 12.7. The van der Waals surface area contributed by atoms with Crippen LogP contribution in [-0.2, 0) is 6.54 Å². The van der Waals surface area contributed by atoms with Crippen LogP contribution in [0.2, 0.25) is 5.15 Å². The van der Waals surface area contributed by atoms with Crippen molar-refractivity contribution in [2.75, 3.05) is 13.1 Å². The van der Waals surface area contributed by atoms with Crippen molar-refractivity contribution in [2.24, 2.45) is 5.92 Å². The number of halogens is 1. The van der Waals surface area contributed by atoms with Gasteiger partial charge in [-0.15, -0.1) is 0 Å². The maximum absolute atomic E-state index is 5.94. The number of rotatable bonds is 3. The molecule has 0 saturated carbocycles. The molecule has 0 atom stereocenters. The van der Waals surface area contributed by atoms with E-state index in [-0.39, 0.29) is 0 Å². The first-order chi connectivity index (χ1) is 10.3. The molecule has 4 heterocycles. The molecule has 1 aliphatic heterocycles. The molecule has 1 saturated heterocycles. The Labute approximate surface area is 127 Å². The van der Waals surface area contributed by atoms with Crippen molar-refractivity contribution in [2.45, 2.75) is 6.54 Å². The van der Waals surface area contributed by atoms with E-state index in [9.17, 15) is 0 Å². The van der Waals surface area contributed by atoms with Crippen molar-refractivity contribution >= 4 is 22.6 Å². The Hall–Kier alpha value is -1.98. The van der Waals surface area contributed by atoms with Gasteiger partial charge < -0.3 is 5.32 Å². The SMILES string of the molecule is Clc1ccc2ncc(-c3cnn(CC4CNC4)c3)cc2n1. The topological polar surface area (TPSA) is 55.6 Å². The standard InChI is InChI=1S/C15H14ClN5/c16-15-2-1-13-14(20-15)3-11(6-18-13)12-7-19-21(9-12)8-10-4-17-5-10/h1-3,6-7,9-10,17H,4-5,8H2. The van der Waals surface area contributed by atoms with Crippen molar-refractivity contribution in [3.8, 4) is 11.1 Å². The summed E-state index contributed by atoms with van der Waals surface area (Å²) >= 11 is 5.94.